The molecule has 0 unspecified atom stereocenters. The average Bonchev–Trinajstić information content (AvgIpc) is 3.08. The zero-order chi connectivity index (χ0) is 16.0. The number of nitrogens with one attached hydrogen (secondary N) is 2. The summed E-state index contributed by atoms with van der Waals surface area (Å²) in [6.45, 7) is 0. The molecule has 1 aromatic heterocycles. The number of fused-ring (bicyclic) bond motifs is 2. The van der Waals surface area contributed by atoms with Crippen molar-refractivity contribution in [3.8, 4) is 5.75 Å². The van der Waals surface area contributed by atoms with Gasteiger partial charge in [-0.05, 0) is 36.4 Å². The van der Waals surface area contributed by atoms with Gasteiger partial charge >= 0.3 is 0 Å². The van der Waals surface area contributed by atoms with Crippen LogP contribution < -0.4 is 10.1 Å². The van der Waals surface area contributed by atoms with Crippen molar-refractivity contribution in [2.45, 2.75) is 0 Å². The Bertz CT molecular complexity index is 972. The molecule has 1 aliphatic rings. The number of H-pyrrole nitrogens is 1. The van der Waals surface area contributed by atoms with E-state index in [1.54, 1.807) is 19.2 Å². The molecule has 5 heteroatoms. The number of aromatic nitrogens is 1. The van der Waals surface area contributed by atoms with Crippen LogP contribution in [0.15, 0.2) is 42.6 Å². The molecular formula is C18H13ClN2O2. The van der Waals surface area contributed by atoms with Crippen LogP contribution in [0.3, 0.4) is 0 Å². The van der Waals surface area contributed by atoms with Crippen molar-refractivity contribution in [2.75, 3.05) is 12.4 Å². The maximum absolute atomic E-state index is 12.3. The Morgan fingerprint density at radius 2 is 2.04 bits per heavy atom. The molecule has 0 saturated heterocycles. The summed E-state index contributed by atoms with van der Waals surface area (Å²) in [6, 6.07) is 11.2. The molecule has 0 saturated carbocycles. The second-order valence-electron chi connectivity index (χ2n) is 5.36. The Kier molecular flexibility index (Phi) is 3.13. The molecule has 0 spiro atoms. The highest BCUT2D eigenvalue weighted by Crippen LogP contribution is 2.36. The summed E-state index contributed by atoms with van der Waals surface area (Å²) in [4.78, 5) is 15.5. The highest BCUT2D eigenvalue weighted by Gasteiger charge is 2.24. The summed E-state index contributed by atoms with van der Waals surface area (Å²) >= 11 is 5.98. The number of carbonyl (C=O) groups excluding carboxylic acids is 1. The van der Waals surface area contributed by atoms with Crippen molar-refractivity contribution < 1.29 is 9.53 Å². The van der Waals surface area contributed by atoms with Gasteiger partial charge in [-0.1, -0.05) is 17.7 Å². The number of methoxy groups -OCH3 is 1. The van der Waals surface area contributed by atoms with Crippen molar-refractivity contribution in [1.29, 1.82) is 0 Å². The number of anilines is 1. The van der Waals surface area contributed by atoms with Gasteiger partial charge in [0.05, 0.1) is 12.8 Å². The number of hydrogen-bond donors (Lipinski definition) is 2. The van der Waals surface area contributed by atoms with Crippen LogP contribution in [0.5, 0.6) is 5.75 Å². The van der Waals surface area contributed by atoms with Crippen LogP contribution in [0.1, 0.15) is 11.1 Å². The minimum atomic E-state index is -0.125. The minimum Gasteiger partial charge on any atom is -0.497 e. The molecule has 4 rings (SSSR count). The molecule has 2 aromatic carbocycles. The molecule has 1 aliphatic heterocycles. The van der Waals surface area contributed by atoms with Crippen LogP contribution in [0.4, 0.5) is 5.69 Å². The molecule has 0 radical (unpaired) electrons. The predicted molar refractivity (Wildman–Crippen MR) is 92.8 cm³/mol. The highest BCUT2D eigenvalue weighted by molar-refractivity contribution is 6.36. The largest absolute Gasteiger partial charge is 0.497 e. The van der Waals surface area contributed by atoms with Crippen LogP contribution in [0.25, 0.3) is 22.6 Å². The number of hydrogen-bond acceptors (Lipinski definition) is 2. The normalized spacial score (nSPS) is 15.0. The zero-order valence-corrected chi connectivity index (χ0v) is 13.1. The molecule has 0 aliphatic carbocycles. The van der Waals surface area contributed by atoms with Crippen LogP contribution in [0.2, 0.25) is 5.02 Å². The van der Waals surface area contributed by atoms with Crippen LogP contribution in [-0.4, -0.2) is 18.0 Å². The Labute approximate surface area is 137 Å². The van der Waals surface area contributed by atoms with Crippen molar-refractivity contribution in [3.63, 3.8) is 0 Å². The maximum Gasteiger partial charge on any atom is 0.256 e. The van der Waals surface area contributed by atoms with E-state index >= 15 is 0 Å². The van der Waals surface area contributed by atoms with E-state index in [1.807, 2.05) is 36.5 Å². The monoisotopic (exact) mass is 324 g/mol. The molecule has 1 amide bonds. The fourth-order valence-electron chi connectivity index (χ4n) is 2.83. The van der Waals surface area contributed by atoms with Crippen LogP contribution in [0, 0.1) is 0 Å². The van der Waals surface area contributed by atoms with E-state index in [2.05, 4.69) is 10.3 Å². The SMILES string of the molecule is COc1ccc2[nH]cc(C=C3C(=O)Nc4cc(Cl)ccc43)c2c1. The third-order valence-corrected chi connectivity index (χ3v) is 4.22. The summed E-state index contributed by atoms with van der Waals surface area (Å²) < 4.78 is 5.28. The molecule has 2 N–H and O–H groups in total. The molecule has 0 bridgehead atoms. The van der Waals surface area contributed by atoms with Gasteiger partial charge < -0.3 is 15.0 Å². The fourth-order valence-corrected chi connectivity index (χ4v) is 3.01. The quantitative estimate of drug-likeness (QED) is 0.690. The molecule has 114 valence electrons. The van der Waals surface area contributed by atoms with Gasteiger partial charge in [-0.2, -0.15) is 0 Å². The summed E-state index contributed by atoms with van der Waals surface area (Å²) in [5.41, 5.74) is 4.16. The van der Waals surface area contributed by atoms with Gasteiger partial charge in [0, 0.05) is 38.8 Å². The average molecular weight is 325 g/mol. The van der Waals surface area contributed by atoms with Crippen LogP contribution in [-0.2, 0) is 4.79 Å². The summed E-state index contributed by atoms with van der Waals surface area (Å²) in [5, 5.41) is 4.45. The molecule has 23 heavy (non-hydrogen) atoms. The van der Waals surface area contributed by atoms with Gasteiger partial charge in [-0.15, -0.1) is 0 Å². The van der Waals surface area contributed by atoms with E-state index in [0.29, 0.717) is 10.6 Å². The third-order valence-electron chi connectivity index (χ3n) is 3.99. The van der Waals surface area contributed by atoms with Gasteiger partial charge in [0.25, 0.3) is 5.91 Å². The number of rotatable bonds is 2. The number of halogens is 1. The van der Waals surface area contributed by atoms with E-state index in [4.69, 9.17) is 16.3 Å². The maximum atomic E-state index is 12.3. The molecule has 0 fully saturated rings. The van der Waals surface area contributed by atoms with Gasteiger partial charge in [-0.25, -0.2) is 0 Å². The Balaban J connectivity index is 1.87. The summed E-state index contributed by atoms with van der Waals surface area (Å²) in [7, 11) is 1.64. The zero-order valence-electron chi connectivity index (χ0n) is 12.3. The standard InChI is InChI=1S/C18H13ClN2O2/c1-23-12-3-5-16-14(8-12)10(9-20-16)6-15-13-4-2-11(19)7-17(13)21-18(15)22/h2-9,20H,1H3,(H,21,22). The van der Waals surface area contributed by atoms with Gasteiger partial charge in [0.1, 0.15) is 5.75 Å². The van der Waals surface area contributed by atoms with Gasteiger partial charge in [0.2, 0.25) is 0 Å². The predicted octanol–water partition coefficient (Wildman–Crippen LogP) is 4.32. The van der Waals surface area contributed by atoms with E-state index in [1.165, 1.54) is 0 Å². The molecule has 2 heterocycles. The lowest BCUT2D eigenvalue weighted by molar-refractivity contribution is -0.110. The lowest BCUT2D eigenvalue weighted by Gasteiger charge is -2.01. The van der Waals surface area contributed by atoms with Crippen molar-refractivity contribution >= 4 is 45.7 Å². The smallest absolute Gasteiger partial charge is 0.256 e. The first-order chi connectivity index (χ1) is 11.2. The number of benzene rings is 2. The number of ether oxygens (including phenoxy) is 1. The first-order valence-electron chi connectivity index (χ1n) is 7.14. The molecule has 3 aromatic rings. The second-order valence-corrected chi connectivity index (χ2v) is 5.79. The van der Waals surface area contributed by atoms with E-state index in [0.717, 1.165) is 33.5 Å². The highest BCUT2D eigenvalue weighted by atomic mass is 35.5. The van der Waals surface area contributed by atoms with Crippen molar-refractivity contribution in [3.05, 3.63) is 58.7 Å². The molecular weight excluding hydrogens is 312 g/mol. The van der Waals surface area contributed by atoms with E-state index in [9.17, 15) is 4.79 Å². The van der Waals surface area contributed by atoms with Crippen molar-refractivity contribution in [1.82, 2.24) is 4.98 Å². The van der Waals surface area contributed by atoms with E-state index in [-0.39, 0.29) is 5.91 Å². The number of aromatic amines is 1. The topological polar surface area (TPSA) is 54.1 Å². The molecule has 0 atom stereocenters. The Morgan fingerprint density at radius 3 is 2.87 bits per heavy atom. The van der Waals surface area contributed by atoms with E-state index < -0.39 is 0 Å². The summed E-state index contributed by atoms with van der Waals surface area (Å²) in [5.74, 6) is 0.652. The number of carbonyl (C=O) groups is 1. The lowest BCUT2D eigenvalue weighted by atomic mass is 10.0. The van der Waals surface area contributed by atoms with Crippen LogP contribution >= 0.6 is 11.6 Å². The Hall–Kier alpha value is -2.72. The van der Waals surface area contributed by atoms with Gasteiger partial charge in [-0.3, -0.25) is 4.79 Å². The van der Waals surface area contributed by atoms with Crippen molar-refractivity contribution in [2.24, 2.45) is 0 Å². The summed E-state index contributed by atoms with van der Waals surface area (Å²) in [6.07, 6.45) is 3.77. The first kappa shape index (κ1) is 13.9. The van der Waals surface area contributed by atoms with Gasteiger partial charge in [0.15, 0.2) is 0 Å². The lowest BCUT2D eigenvalue weighted by Crippen LogP contribution is -2.03. The third kappa shape index (κ3) is 2.28. The second kappa shape index (κ2) is 5.18. The number of amides is 1. The minimum absolute atomic E-state index is 0.125. The first-order valence-corrected chi connectivity index (χ1v) is 7.51. The Morgan fingerprint density at radius 1 is 1.17 bits per heavy atom. The molecule has 4 nitrogen and oxygen atoms in total. The fraction of sp³-hybridized carbons (Fsp3) is 0.0556.